The number of aliphatic hydroxyl groups excluding tert-OH is 1. The Balaban J connectivity index is 1.11. The molecule has 1 aromatic rings. The molecule has 10 atom stereocenters. The number of hydrogen-bond acceptors (Lipinski definition) is 8. The molecule has 218 valence electrons. The van der Waals surface area contributed by atoms with Gasteiger partial charge in [-0.2, -0.15) is 0 Å². The molecule has 5 heterocycles. The van der Waals surface area contributed by atoms with Gasteiger partial charge >= 0.3 is 0 Å². The Morgan fingerprint density at radius 2 is 1.87 bits per heavy atom. The van der Waals surface area contributed by atoms with Gasteiger partial charge in [-0.1, -0.05) is 44.2 Å². The number of fused-ring (bicyclic) bond motifs is 2. The largest absolute Gasteiger partial charge is 0.389 e. The van der Waals surface area contributed by atoms with Crippen LogP contribution in [0.4, 0.5) is 0 Å². The molecule has 39 heavy (non-hydrogen) atoms. The average molecular weight is 545 g/mol. The van der Waals surface area contributed by atoms with E-state index in [1.54, 1.807) is 0 Å². The molecule has 5 aliphatic heterocycles. The second kappa shape index (κ2) is 11.6. The van der Waals surface area contributed by atoms with Crippen LogP contribution in [0.25, 0.3) is 0 Å². The summed E-state index contributed by atoms with van der Waals surface area (Å²) in [4.78, 5) is 14.7. The van der Waals surface area contributed by atoms with Crippen LogP contribution in [0.2, 0.25) is 0 Å². The van der Waals surface area contributed by atoms with Crippen molar-refractivity contribution >= 4 is 0 Å². The van der Waals surface area contributed by atoms with E-state index in [9.17, 15) is 5.11 Å². The topological polar surface area (TPSA) is 81.7 Å². The Hall–Kier alpha value is -1.10. The van der Waals surface area contributed by atoms with E-state index in [-0.39, 0.29) is 24.5 Å². The van der Waals surface area contributed by atoms with Crippen molar-refractivity contribution in [3.8, 4) is 0 Å². The number of hydrogen-bond donors (Lipinski definition) is 2. The molecule has 3 unspecified atom stereocenters. The molecular weight excluding hydrogens is 496 g/mol. The molecule has 1 saturated carbocycles. The maximum absolute atomic E-state index is 11.4. The Kier molecular flexibility index (Phi) is 8.37. The Labute approximate surface area is 233 Å². The van der Waals surface area contributed by atoms with Gasteiger partial charge in [-0.3, -0.25) is 0 Å². The van der Waals surface area contributed by atoms with E-state index in [1.165, 1.54) is 25.9 Å². The minimum atomic E-state index is -0.806. The van der Waals surface area contributed by atoms with Crippen LogP contribution >= 0.6 is 0 Å². The zero-order chi connectivity index (χ0) is 27.0. The summed E-state index contributed by atoms with van der Waals surface area (Å²) in [5.74, 6) is 0.332. The van der Waals surface area contributed by atoms with Gasteiger partial charge in [0.1, 0.15) is 0 Å². The van der Waals surface area contributed by atoms with Gasteiger partial charge in [0, 0.05) is 18.3 Å². The number of rotatable bonds is 10. The van der Waals surface area contributed by atoms with Crippen molar-refractivity contribution in [3.05, 3.63) is 35.9 Å². The number of aliphatic hydroxyl groups is 1. The predicted octanol–water partition coefficient (Wildman–Crippen LogP) is 4.39. The van der Waals surface area contributed by atoms with Crippen molar-refractivity contribution in [1.29, 1.82) is 0 Å². The summed E-state index contributed by atoms with van der Waals surface area (Å²) >= 11 is 0. The normalized spacial score (nSPS) is 41.6. The zero-order valence-electron chi connectivity index (χ0n) is 23.9. The quantitative estimate of drug-likeness (QED) is 0.332. The first kappa shape index (κ1) is 28.0. The van der Waals surface area contributed by atoms with E-state index in [2.05, 4.69) is 36.2 Å². The van der Waals surface area contributed by atoms with Crippen molar-refractivity contribution in [3.63, 3.8) is 0 Å². The van der Waals surface area contributed by atoms with Gasteiger partial charge in [0.25, 0.3) is 0 Å². The monoisotopic (exact) mass is 544 g/mol. The second-order valence-electron chi connectivity index (χ2n) is 12.9. The summed E-state index contributed by atoms with van der Waals surface area (Å²) < 4.78 is 19.4. The smallest absolute Gasteiger partial charge is 0.201 e. The van der Waals surface area contributed by atoms with Crippen LogP contribution in [0, 0.1) is 23.7 Å². The first-order chi connectivity index (χ1) is 18.9. The molecular formula is C31H48N2O6. The number of nitrogens with one attached hydrogen (secondary N) is 1. The molecule has 6 fully saturated rings. The van der Waals surface area contributed by atoms with E-state index in [0.29, 0.717) is 11.8 Å². The van der Waals surface area contributed by atoms with Crippen molar-refractivity contribution in [2.24, 2.45) is 23.7 Å². The van der Waals surface area contributed by atoms with Crippen LogP contribution in [-0.2, 0) is 24.0 Å². The van der Waals surface area contributed by atoms with Gasteiger partial charge in [-0.25, -0.2) is 9.78 Å². The van der Waals surface area contributed by atoms with Crippen LogP contribution in [0.1, 0.15) is 77.3 Å². The van der Waals surface area contributed by atoms with Gasteiger partial charge in [-0.05, 0) is 89.0 Å². The zero-order valence-corrected chi connectivity index (χ0v) is 23.9. The predicted molar refractivity (Wildman–Crippen MR) is 146 cm³/mol. The van der Waals surface area contributed by atoms with Gasteiger partial charge in [-0.15, -0.1) is 0 Å². The molecule has 2 bridgehead atoms. The summed E-state index contributed by atoms with van der Waals surface area (Å²) in [7, 11) is 0. The fourth-order valence-corrected chi connectivity index (χ4v) is 8.06. The fraction of sp³-hybridized carbons (Fsp3) is 0.806. The molecule has 2 N–H and O–H groups in total. The molecule has 1 spiro atoms. The standard InChI is InChI=1S/C31H48N2O6/c1-21-12-13-25-22(2)28(36-29-31(25)24(21)14-15-30(3,37-29)38-39-31)35-20-26(34)27(23-10-5-4-6-11-23)32-16-9-19-33-17-7-8-18-33/h4-6,10-11,21-22,24-29,32,34H,7-9,12-20H2,1-3H3/t21-,22-,24+,25+,26?,27?,28?,29-,30+,31-/m1/s1. The molecule has 1 aliphatic carbocycles. The highest BCUT2D eigenvalue weighted by molar-refractivity contribution is 5.20. The molecule has 0 aromatic heterocycles. The van der Waals surface area contributed by atoms with E-state index in [4.69, 9.17) is 24.0 Å². The summed E-state index contributed by atoms with van der Waals surface area (Å²) in [6, 6.07) is 9.99. The summed E-state index contributed by atoms with van der Waals surface area (Å²) in [6.07, 6.45) is 5.92. The minimum absolute atomic E-state index is 0.0849. The molecule has 8 heteroatoms. The van der Waals surface area contributed by atoms with Crippen molar-refractivity contribution in [2.45, 2.75) is 102 Å². The van der Waals surface area contributed by atoms with Crippen LogP contribution in [0.5, 0.6) is 0 Å². The number of ether oxygens (including phenoxy) is 3. The van der Waals surface area contributed by atoms with Crippen LogP contribution in [-0.4, -0.2) is 72.9 Å². The Morgan fingerprint density at radius 1 is 1.08 bits per heavy atom. The third-order valence-corrected chi connectivity index (χ3v) is 10.3. The van der Waals surface area contributed by atoms with Gasteiger partial charge in [0.2, 0.25) is 5.79 Å². The average Bonchev–Trinajstić information content (AvgIpc) is 3.36. The maximum atomic E-state index is 11.4. The minimum Gasteiger partial charge on any atom is -0.389 e. The summed E-state index contributed by atoms with van der Waals surface area (Å²) in [5.41, 5.74) is 0.466. The van der Waals surface area contributed by atoms with Gasteiger partial charge in [0.05, 0.1) is 18.8 Å². The lowest BCUT2D eigenvalue weighted by molar-refractivity contribution is -0.577. The Bertz CT molecular complexity index is 946. The third kappa shape index (κ3) is 5.44. The first-order valence-corrected chi connectivity index (χ1v) is 15.4. The lowest BCUT2D eigenvalue weighted by Crippen LogP contribution is -2.70. The summed E-state index contributed by atoms with van der Waals surface area (Å²) in [5, 5.41) is 15.0. The first-order valence-electron chi connectivity index (χ1n) is 15.4. The molecule has 8 nitrogen and oxygen atoms in total. The second-order valence-corrected chi connectivity index (χ2v) is 12.9. The molecule has 7 rings (SSSR count). The van der Waals surface area contributed by atoms with Crippen molar-refractivity contribution < 1.29 is 29.1 Å². The molecule has 0 radical (unpaired) electrons. The fourth-order valence-electron chi connectivity index (χ4n) is 8.06. The molecule has 6 aliphatic rings. The summed E-state index contributed by atoms with van der Waals surface area (Å²) in [6.45, 7) is 11.0. The third-order valence-electron chi connectivity index (χ3n) is 10.3. The van der Waals surface area contributed by atoms with Crippen LogP contribution in [0.15, 0.2) is 30.3 Å². The SMILES string of the molecule is C[C@@H]1CC[C@H]2[C@@H](C)C(OCC(O)C(NCCCN3CCCC3)c3ccccc3)O[C@@H]3O[C@]4(C)CC[C@@H]1[C@]32OO4. The van der Waals surface area contributed by atoms with E-state index < -0.39 is 30.1 Å². The molecule has 5 saturated heterocycles. The van der Waals surface area contributed by atoms with Gasteiger partial charge < -0.3 is 29.5 Å². The van der Waals surface area contributed by atoms with Crippen LogP contribution in [0.3, 0.4) is 0 Å². The molecule has 1 aromatic carbocycles. The van der Waals surface area contributed by atoms with E-state index in [1.807, 2.05) is 25.1 Å². The lowest BCUT2D eigenvalue weighted by Gasteiger charge is -2.60. The highest BCUT2D eigenvalue weighted by atomic mass is 17.3. The highest BCUT2D eigenvalue weighted by Gasteiger charge is 2.69. The number of nitrogens with zero attached hydrogens (tertiary/aromatic N) is 1. The van der Waals surface area contributed by atoms with Crippen molar-refractivity contribution in [1.82, 2.24) is 10.2 Å². The van der Waals surface area contributed by atoms with E-state index in [0.717, 1.165) is 50.8 Å². The Morgan fingerprint density at radius 3 is 2.67 bits per heavy atom. The van der Waals surface area contributed by atoms with E-state index >= 15 is 0 Å². The lowest BCUT2D eigenvalue weighted by atomic mass is 9.58. The number of likely N-dealkylation sites (tertiary alicyclic amines) is 1. The van der Waals surface area contributed by atoms with Crippen molar-refractivity contribution in [2.75, 3.05) is 32.8 Å². The van der Waals surface area contributed by atoms with Crippen LogP contribution < -0.4 is 5.32 Å². The highest BCUT2D eigenvalue weighted by Crippen LogP contribution is 2.60. The number of benzene rings is 1. The molecule has 0 amide bonds. The maximum Gasteiger partial charge on any atom is 0.201 e. The van der Waals surface area contributed by atoms with Gasteiger partial charge in [0.15, 0.2) is 18.2 Å².